The number of nitrogens with zero attached hydrogens (tertiary/aromatic N) is 1. The van der Waals surface area contributed by atoms with Gasteiger partial charge in [-0.25, -0.2) is 8.42 Å². The molecule has 3 aromatic rings. The topological polar surface area (TPSA) is 66.5 Å². The maximum absolute atomic E-state index is 13.1. The first kappa shape index (κ1) is 19.2. The highest BCUT2D eigenvalue weighted by atomic mass is 32.2. The van der Waals surface area contributed by atoms with Crippen LogP contribution in [0.5, 0.6) is 0 Å². The van der Waals surface area contributed by atoms with Crippen molar-refractivity contribution in [3.63, 3.8) is 0 Å². The molecule has 1 aliphatic rings. The molecular weight excluding hydrogens is 384 g/mol. The molecule has 1 amide bonds. The largest absolute Gasteiger partial charge is 0.308 e. The van der Waals surface area contributed by atoms with Crippen LogP contribution in [-0.2, 0) is 16.4 Å². The van der Waals surface area contributed by atoms with Crippen molar-refractivity contribution in [1.82, 2.24) is 0 Å². The second-order valence-corrected chi connectivity index (χ2v) is 8.72. The van der Waals surface area contributed by atoms with Crippen molar-refractivity contribution >= 4 is 27.3 Å². The Morgan fingerprint density at radius 2 is 1.52 bits per heavy atom. The van der Waals surface area contributed by atoms with E-state index in [1.807, 2.05) is 23.1 Å². The summed E-state index contributed by atoms with van der Waals surface area (Å²) in [5, 5.41) is 0. The zero-order valence-corrected chi connectivity index (χ0v) is 16.7. The number of hydrogen-bond acceptors (Lipinski definition) is 3. The molecule has 3 aromatic carbocycles. The van der Waals surface area contributed by atoms with E-state index in [2.05, 4.69) is 10.8 Å². The smallest absolute Gasteiger partial charge is 0.261 e. The summed E-state index contributed by atoms with van der Waals surface area (Å²) in [4.78, 5) is 15.1. The Hall–Kier alpha value is -3.12. The molecule has 1 aliphatic heterocycles. The van der Waals surface area contributed by atoms with Crippen molar-refractivity contribution in [3.05, 3.63) is 90.0 Å². The van der Waals surface area contributed by atoms with Crippen LogP contribution < -0.4 is 9.62 Å². The Bertz CT molecular complexity index is 1110. The normalized spacial score (nSPS) is 14.0. The first-order chi connectivity index (χ1) is 14.0. The Morgan fingerprint density at radius 1 is 0.828 bits per heavy atom. The molecule has 0 saturated carbocycles. The molecule has 29 heavy (non-hydrogen) atoms. The molecule has 0 aromatic heterocycles. The highest BCUT2D eigenvalue weighted by molar-refractivity contribution is 7.92. The summed E-state index contributed by atoms with van der Waals surface area (Å²) >= 11 is 0. The summed E-state index contributed by atoms with van der Waals surface area (Å²) in [6, 6.07) is 22.8. The standard InChI is InChI=1S/C23H22N2O3S/c26-23(25-17-7-6-9-18-8-4-5-12-22(18)25)19-13-15-20(16-14-19)24-29(27,28)21-10-2-1-3-11-21/h1-5,8,10-16,24H,6-7,9,17H2. The molecule has 4 rings (SSSR count). The van der Waals surface area contributed by atoms with E-state index in [-0.39, 0.29) is 10.8 Å². The van der Waals surface area contributed by atoms with E-state index in [1.54, 1.807) is 42.5 Å². The van der Waals surface area contributed by atoms with E-state index in [1.165, 1.54) is 17.7 Å². The summed E-state index contributed by atoms with van der Waals surface area (Å²) < 4.78 is 27.5. The van der Waals surface area contributed by atoms with E-state index < -0.39 is 10.0 Å². The van der Waals surface area contributed by atoms with Crippen LogP contribution in [0.3, 0.4) is 0 Å². The molecular formula is C23H22N2O3S. The monoisotopic (exact) mass is 406 g/mol. The number of nitrogens with one attached hydrogen (secondary N) is 1. The number of carbonyl (C=O) groups is 1. The van der Waals surface area contributed by atoms with Gasteiger partial charge in [-0.05, 0) is 67.3 Å². The van der Waals surface area contributed by atoms with Gasteiger partial charge in [0.05, 0.1) is 4.90 Å². The van der Waals surface area contributed by atoms with Gasteiger partial charge in [-0.1, -0.05) is 36.4 Å². The van der Waals surface area contributed by atoms with Crippen LogP contribution in [0, 0.1) is 0 Å². The summed E-state index contributed by atoms with van der Waals surface area (Å²) in [6.45, 7) is 0.679. The van der Waals surface area contributed by atoms with Gasteiger partial charge in [-0.3, -0.25) is 9.52 Å². The van der Waals surface area contributed by atoms with E-state index in [4.69, 9.17) is 0 Å². The van der Waals surface area contributed by atoms with Gasteiger partial charge in [0.25, 0.3) is 15.9 Å². The molecule has 6 heteroatoms. The van der Waals surface area contributed by atoms with Gasteiger partial charge < -0.3 is 4.90 Å². The Balaban J connectivity index is 1.55. The van der Waals surface area contributed by atoms with Gasteiger partial charge in [0.15, 0.2) is 0 Å². The minimum absolute atomic E-state index is 0.0724. The lowest BCUT2D eigenvalue weighted by atomic mass is 10.1. The number of sulfonamides is 1. The summed E-state index contributed by atoms with van der Waals surface area (Å²) in [5.74, 6) is -0.0724. The second kappa shape index (κ2) is 8.09. The summed E-state index contributed by atoms with van der Waals surface area (Å²) in [5.41, 5.74) is 3.10. The maximum Gasteiger partial charge on any atom is 0.261 e. The third kappa shape index (κ3) is 4.17. The molecule has 0 radical (unpaired) electrons. The molecule has 1 N–H and O–H groups in total. The third-order valence-electron chi connectivity index (χ3n) is 5.04. The number of anilines is 2. The lowest BCUT2D eigenvalue weighted by Crippen LogP contribution is -2.31. The van der Waals surface area contributed by atoms with Gasteiger partial charge >= 0.3 is 0 Å². The summed E-state index contributed by atoms with van der Waals surface area (Å²) in [6.07, 6.45) is 2.98. The van der Waals surface area contributed by atoms with Gasteiger partial charge in [-0.15, -0.1) is 0 Å². The number of carbonyl (C=O) groups excluding carboxylic acids is 1. The van der Waals surface area contributed by atoms with E-state index >= 15 is 0 Å². The van der Waals surface area contributed by atoms with Gasteiger partial charge in [-0.2, -0.15) is 0 Å². The first-order valence-electron chi connectivity index (χ1n) is 9.62. The van der Waals surface area contributed by atoms with E-state index in [0.717, 1.165) is 24.9 Å². The SMILES string of the molecule is O=C(c1ccc(NS(=O)(=O)c2ccccc2)cc1)N1CCCCc2ccccc21. The van der Waals surface area contributed by atoms with Crippen LogP contribution in [0.2, 0.25) is 0 Å². The predicted molar refractivity (Wildman–Crippen MR) is 115 cm³/mol. The average Bonchev–Trinajstić information content (AvgIpc) is 2.97. The minimum atomic E-state index is -3.66. The average molecular weight is 407 g/mol. The molecule has 0 saturated heterocycles. The van der Waals surface area contributed by atoms with Crippen LogP contribution in [-0.4, -0.2) is 20.9 Å². The number of fused-ring (bicyclic) bond motifs is 1. The van der Waals surface area contributed by atoms with Crippen molar-refractivity contribution in [3.8, 4) is 0 Å². The lowest BCUT2D eigenvalue weighted by molar-refractivity contribution is 0.0987. The second-order valence-electron chi connectivity index (χ2n) is 7.04. The van der Waals surface area contributed by atoms with Crippen LogP contribution in [0.1, 0.15) is 28.8 Å². The van der Waals surface area contributed by atoms with Crippen LogP contribution in [0.4, 0.5) is 11.4 Å². The van der Waals surface area contributed by atoms with Crippen LogP contribution in [0.25, 0.3) is 0 Å². The number of hydrogen-bond donors (Lipinski definition) is 1. The van der Waals surface area contributed by atoms with Crippen molar-refractivity contribution in [2.75, 3.05) is 16.2 Å². The zero-order chi connectivity index (χ0) is 20.3. The highest BCUT2D eigenvalue weighted by Gasteiger charge is 2.22. The molecule has 0 fully saturated rings. The first-order valence-corrected chi connectivity index (χ1v) is 11.1. The highest BCUT2D eigenvalue weighted by Crippen LogP contribution is 2.28. The van der Waals surface area contributed by atoms with Gasteiger partial charge in [0, 0.05) is 23.5 Å². The maximum atomic E-state index is 13.1. The third-order valence-corrected chi connectivity index (χ3v) is 6.44. The fourth-order valence-electron chi connectivity index (χ4n) is 3.55. The predicted octanol–water partition coefficient (Wildman–Crippen LogP) is 4.47. The number of aryl methyl sites for hydroxylation is 1. The fourth-order valence-corrected chi connectivity index (χ4v) is 4.63. The van der Waals surface area contributed by atoms with Crippen LogP contribution >= 0.6 is 0 Å². The van der Waals surface area contributed by atoms with E-state index in [0.29, 0.717) is 17.8 Å². The molecule has 0 spiro atoms. The van der Waals surface area contributed by atoms with Crippen molar-refractivity contribution < 1.29 is 13.2 Å². The molecule has 148 valence electrons. The van der Waals surface area contributed by atoms with Crippen molar-refractivity contribution in [2.45, 2.75) is 24.2 Å². The van der Waals surface area contributed by atoms with Crippen LogP contribution in [0.15, 0.2) is 83.8 Å². The molecule has 1 heterocycles. The molecule has 0 aliphatic carbocycles. The number of amides is 1. The Morgan fingerprint density at radius 3 is 2.28 bits per heavy atom. The van der Waals surface area contributed by atoms with Gasteiger partial charge in [0.1, 0.15) is 0 Å². The minimum Gasteiger partial charge on any atom is -0.308 e. The number of para-hydroxylation sites is 1. The zero-order valence-electron chi connectivity index (χ0n) is 15.9. The van der Waals surface area contributed by atoms with Gasteiger partial charge in [0.2, 0.25) is 0 Å². The molecule has 0 bridgehead atoms. The van der Waals surface area contributed by atoms with Crippen molar-refractivity contribution in [2.24, 2.45) is 0 Å². The molecule has 5 nitrogen and oxygen atoms in total. The Labute approximate surface area is 171 Å². The Kier molecular flexibility index (Phi) is 5.36. The molecule has 0 unspecified atom stereocenters. The quantitative estimate of drug-likeness (QED) is 0.695. The molecule has 0 atom stereocenters. The summed E-state index contributed by atoms with van der Waals surface area (Å²) in [7, 11) is -3.66. The van der Waals surface area contributed by atoms with E-state index in [9.17, 15) is 13.2 Å². The van der Waals surface area contributed by atoms with Crippen molar-refractivity contribution in [1.29, 1.82) is 0 Å². The lowest BCUT2D eigenvalue weighted by Gasteiger charge is -2.23. The number of benzene rings is 3. The fraction of sp³-hybridized carbons (Fsp3) is 0.174. The number of rotatable bonds is 4.